The number of hydrogen-bond donors (Lipinski definition) is 1. The van der Waals surface area contributed by atoms with E-state index >= 15 is 0 Å². The first-order chi connectivity index (χ1) is 12.6. The van der Waals surface area contributed by atoms with Crippen molar-refractivity contribution in [3.8, 4) is 5.69 Å². The van der Waals surface area contributed by atoms with Crippen LogP contribution in [-0.2, 0) is 5.75 Å². The van der Waals surface area contributed by atoms with Crippen LogP contribution in [0.2, 0.25) is 0 Å². The van der Waals surface area contributed by atoms with Gasteiger partial charge in [0.2, 0.25) is 0 Å². The molecule has 0 spiro atoms. The average molecular weight is 361 g/mol. The van der Waals surface area contributed by atoms with Gasteiger partial charge in [-0.15, -0.1) is 0 Å². The van der Waals surface area contributed by atoms with E-state index < -0.39 is 0 Å². The van der Waals surface area contributed by atoms with Crippen molar-refractivity contribution in [2.24, 2.45) is 0 Å². The van der Waals surface area contributed by atoms with Crippen LogP contribution in [0.15, 0.2) is 60.0 Å². The van der Waals surface area contributed by atoms with E-state index in [2.05, 4.69) is 51.6 Å². The number of benzene rings is 2. The zero-order valence-corrected chi connectivity index (χ0v) is 15.5. The van der Waals surface area contributed by atoms with Crippen molar-refractivity contribution in [2.45, 2.75) is 24.8 Å². The largest absolute Gasteiger partial charge is 0.383 e. The van der Waals surface area contributed by atoms with E-state index in [1.807, 2.05) is 36.7 Å². The first-order valence-corrected chi connectivity index (χ1v) is 9.35. The van der Waals surface area contributed by atoms with Crippen molar-refractivity contribution in [2.75, 3.05) is 5.73 Å². The molecule has 0 unspecified atom stereocenters. The predicted molar refractivity (Wildman–Crippen MR) is 107 cm³/mol. The summed E-state index contributed by atoms with van der Waals surface area (Å²) in [6.07, 6.45) is 3.80. The summed E-state index contributed by atoms with van der Waals surface area (Å²) in [7, 11) is 0. The molecule has 0 aliphatic carbocycles. The molecule has 6 heteroatoms. The van der Waals surface area contributed by atoms with Crippen LogP contribution >= 0.6 is 11.8 Å². The number of imidazole rings is 1. The van der Waals surface area contributed by atoms with Crippen LogP contribution in [0.5, 0.6) is 0 Å². The Bertz CT molecular complexity index is 1090. The SMILES string of the molecule is Cc1ccc(C)c(-n2ccnc2SCc2nc(N)c3ccccc3n2)c1. The zero-order chi connectivity index (χ0) is 18.1. The summed E-state index contributed by atoms with van der Waals surface area (Å²) in [4.78, 5) is 13.6. The Kier molecular flexibility index (Phi) is 4.34. The summed E-state index contributed by atoms with van der Waals surface area (Å²) in [6.45, 7) is 4.20. The van der Waals surface area contributed by atoms with E-state index in [0.717, 1.165) is 21.7 Å². The molecular formula is C20H19N5S. The summed E-state index contributed by atoms with van der Waals surface area (Å²) in [5, 5.41) is 1.80. The molecule has 0 aliphatic rings. The van der Waals surface area contributed by atoms with Gasteiger partial charge < -0.3 is 5.73 Å². The normalized spacial score (nSPS) is 11.2. The number of hydrogen-bond acceptors (Lipinski definition) is 5. The van der Waals surface area contributed by atoms with Gasteiger partial charge in [-0.3, -0.25) is 4.57 Å². The summed E-state index contributed by atoms with van der Waals surface area (Å²) in [6, 6.07) is 14.2. The van der Waals surface area contributed by atoms with Gasteiger partial charge in [0.05, 0.1) is 17.0 Å². The Balaban J connectivity index is 1.62. The lowest BCUT2D eigenvalue weighted by atomic mass is 10.1. The molecule has 2 aromatic heterocycles. The molecule has 4 rings (SSSR count). The van der Waals surface area contributed by atoms with Crippen LogP contribution in [0.25, 0.3) is 16.6 Å². The van der Waals surface area contributed by atoms with Crippen molar-refractivity contribution >= 4 is 28.5 Å². The van der Waals surface area contributed by atoms with E-state index in [1.54, 1.807) is 11.8 Å². The quantitative estimate of drug-likeness (QED) is 0.549. The summed E-state index contributed by atoms with van der Waals surface area (Å²) < 4.78 is 2.11. The monoisotopic (exact) mass is 361 g/mol. The van der Waals surface area contributed by atoms with Gasteiger partial charge in [0.15, 0.2) is 5.16 Å². The maximum absolute atomic E-state index is 6.08. The summed E-state index contributed by atoms with van der Waals surface area (Å²) >= 11 is 1.60. The average Bonchev–Trinajstić information content (AvgIpc) is 3.10. The molecule has 2 aromatic carbocycles. The first kappa shape index (κ1) is 16.6. The molecule has 0 fully saturated rings. The highest BCUT2D eigenvalue weighted by atomic mass is 32.2. The molecule has 0 bridgehead atoms. The van der Waals surface area contributed by atoms with Gasteiger partial charge in [-0.25, -0.2) is 15.0 Å². The Morgan fingerprint density at radius 1 is 1.08 bits per heavy atom. The van der Waals surface area contributed by atoms with Crippen LogP contribution in [0.1, 0.15) is 17.0 Å². The molecule has 5 nitrogen and oxygen atoms in total. The Morgan fingerprint density at radius 2 is 1.92 bits per heavy atom. The highest BCUT2D eigenvalue weighted by molar-refractivity contribution is 7.98. The standard InChI is InChI=1S/C20H19N5S/c1-13-7-8-14(2)17(11-13)25-10-9-22-20(25)26-12-18-23-16-6-4-3-5-15(16)19(21)24-18/h3-11H,12H2,1-2H3,(H2,21,23,24). The van der Waals surface area contributed by atoms with Crippen LogP contribution in [0.3, 0.4) is 0 Å². The molecule has 0 saturated heterocycles. The lowest BCUT2D eigenvalue weighted by Gasteiger charge is -2.11. The van der Waals surface area contributed by atoms with E-state index in [0.29, 0.717) is 17.4 Å². The number of thioether (sulfide) groups is 1. The van der Waals surface area contributed by atoms with E-state index in [9.17, 15) is 0 Å². The smallest absolute Gasteiger partial charge is 0.173 e. The predicted octanol–water partition coefficient (Wildman–Crippen LogP) is 4.31. The lowest BCUT2D eigenvalue weighted by Crippen LogP contribution is -2.02. The molecule has 0 saturated carbocycles. The Morgan fingerprint density at radius 3 is 2.81 bits per heavy atom. The second kappa shape index (κ2) is 6.80. The van der Waals surface area contributed by atoms with Gasteiger partial charge in [0, 0.05) is 17.8 Å². The number of fused-ring (bicyclic) bond motifs is 1. The number of para-hydroxylation sites is 1. The van der Waals surface area contributed by atoms with Crippen LogP contribution in [0.4, 0.5) is 5.82 Å². The molecule has 2 heterocycles. The molecule has 0 amide bonds. The summed E-state index contributed by atoms with van der Waals surface area (Å²) in [5.74, 6) is 1.84. The van der Waals surface area contributed by atoms with Crippen molar-refractivity contribution in [3.05, 3.63) is 71.8 Å². The highest BCUT2D eigenvalue weighted by Crippen LogP contribution is 2.26. The van der Waals surface area contributed by atoms with Crippen LogP contribution < -0.4 is 5.73 Å². The molecule has 130 valence electrons. The van der Waals surface area contributed by atoms with Crippen molar-refractivity contribution in [3.63, 3.8) is 0 Å². The number of aryl methyl sites for hydroxylation is 2. The maximum atomic E-state index is 6.08. The Hall–Kier alpha value is -2.86. The third kappa shape index (κ3) is 3.15. The van der Waals surface area contributed by atoms with E-state index in [4.69, 9.17) is 5.73 Å². The van der Waals surface area contributed by atoms with E-state index in [1.165, 1.54) is 11.1 Å². The van der Waals surface area contributed by atoms with Gasteiger partial charge in [0.1, 0.15) is 11.6 Å². The van der Waals surface area contributed by atoms with Crippen LogP contribution in [-0.4, -0.2) is 19.5 Å². The zero-order valence-electron chi connectivity index (χ0n) is 14.7. The van der Waals surface area contributed by atoms with Gasteiger partial charge in [-0.2, -0.15) is 0 Å². The summed E-state index contributed by atoms with van der Waals surface area (Å²) in [5.41, 5.74) is 10.5. The lowest BCUT2D eigenvalue weighted by molar-refractivity contribution is 0.884. The van der Waals surface area contributed by atoms with Crippen molar-refractivity contribution in [1.82, 2.24) is 19.5 Å². The number of anilines is 1. The van der Waals surface area contributed by atoms with Crippen molar-refractivity contribution in [1.29, 1.82) is 0 Å². The second-order valence-electron chi connectivity index (χ2n) is 6.20. The molecule has 0 aliphatic heterocycles. The second-order valence-corrected chi connectivity index (χ2v) is 7.14. The van der Waals surface area contributed by atoms with Gasteiger partial charge in [0.25, 0.3) is 0 Å². The molecule has 0 atom stereocenters. The molecule has 4 aromatic rings. The van der Waals surface area contributed by atoms with Gasteiger partial charge in [-0.05, 0) is 43.2 Å². The van der Waals surface area contributed by atoms with Crippen molar-refractivity contribution < 1.29 is 0 Å². The minimum absolute atomic E-state index is 0.518. The first-order valence-electron chi connectivity index (χ1n) is 8.37. The fourth-order valence-corrected chi connectivity index (χ4v) is 3.72. The number of nitrogens with two attached hydrogens (primary N) is 1. The van der Waals surface area contributed by atoms with Gasteiger partial charge in [-0.1, -0.05) is 36.0 Å². The highest BCUT2D eigenvalue weighted by Gasteiger charge is 2.11. The number of nitrogen functional groups attached to an aromatic ring is 1. The minimum atomic E-state index is 0.518. The van der Waals surface area contributed by atoms with E-state index in [-0.39, 0.29) is 0 Å². The topological polar surface area (TPSA) is 69.6 Å². The molecule has 2 N–H and O–H groups in total. The van der Waals surface area contributed by atoms with Crippen LogP contribution in [0, 0.1) is 13.8 Å². The fourth-order valence-electron chi connectivity index (χ4n) is 2.90. The van der Waals surface area contributed by atoms with Gasteiger partial charge >= 0.3 is 0 Å². The third-order valence-corrected chi connectivity index (χ3v) is 5.20. The number of aromatic nitrogens is 4. The number of nitrogens with zero attached hydrogens (tertiary/aromatic N) is 4. The Labute approximate surface area is 156 Å². The number of rotatable bonds is 4. The molecular weight excluding hydrogens is 342 g/mol. The maximum Gasteiger partial charge on any atom is 0.173 e. The fraction of sp³-hybridized carbons (Fsp3) is 0.150. The minimum Gasteiger partial charge on any atom is -0.383 e. The third-order valence-electron chi connectivity index (χ3n) is 4.24. The molecule has 26 heavy (non-hydrogen) atoms. The molecule has 0 radical (unpaired) electrons.